The number of phenolic OH excluding ortho intramolecular Hbond substituents is 1. The molecule has 0 amide bonds. The third kappa shape index (κ3) is 2.49. The summed E-state index contributed by atoms with van der Waals surface area (Å²) in [6, 6.07) is 14.4. The van der Waals surface area contributed by atoms with Crippen LogP contribution in [0.2, 0.25) is 0 Å². The van der Waals surface area contributed by atoms with Gasteiger partial charge in [0.25, 0.3) is 0 Å². The van der Waals surface area contributed by atoms with Crippen molar-refractivity contribution in [3.05, 3.63) is 70.4 Å². The maximum absolute atomic E-state index is 11.8. The number of fused-ring (bicyclic) bond motifs is 2. The van der Waals surface area contributed by atoms with Gasteiger partial charge in [-0.1, -0.05) is 6.07 Å². The summed E-state index contributed by atoms with van der Waals surface area (Å²) in [6.45, 7) is 0. The lowest BCUT2D eigenvalue weighted by Gasteiger charge is -2.17. The molecule has 0 radical (unpaired) electrons. The largest absolute Gasteiger partial charge is 0.508 e. The van der Waals surface area contributed by atoms with Crippen LogP contribution in [0.3, 0.4) is 0 Å². The first kappa shape index (κ1) is 15.9. The van der Waals surface area contributed by atoms with E-state index in [0.29, 0.717) is 39.1 Å². The molecule has 2 aromatic carbocycles. The van der Waals surface area contributed by atoms with Crippen LogP contribution in [0, 0.1) is 0 Å². The lowest BCUT2D eigenvalue weighted by Crippen LogP contribution is -2.07. The van der Waals surface area contributed by atoms with E-state index < -0.39 is 0 Å². The van der Waals surface area contributed by atoms with E-state index >= 15 is 0 Å². The van der Waals surface area contributed by atoms with E-state index in [1.807, 2.05) is 0 Å². The van der Waals surface area contributed by atoms with Crippen molar-refractivity contribution in [3.63, 3.8) is 0 Å². The zero-order valence-electron chi connectivity index (χ0n) is 13.5. The van der Waals surface area contributed by atoms with Gasteiger partial charge in [-0.2, -0.15) is 0 Å². The molecule has 128 valence electrons. The Balaban J connectivity index is 2.17. The highest BCUT2D eigenvalue weighted by Gasteiger charge is 2.19. The maximum Gasteiger partial charge on any atom is 0.182 e. The molecule has 0 atom stereocenters. The molecule has 4 rings (SSSR count). The summed E-state index contributed by atoms with van der Waals surface area (Å²) >= 11 is 0. The Labute approximate surface area is 147 Å². The van der Waals surface area contributed by atoms with Crippen molar-refractivity contribution in [3.8, 4) is 28.2 Å². The van der Waals surface area contributed by atoms with Crippen LogP contribution in [0.4, 0.5) is 5.69 Å². The fraction of sp³-hybridized carbons (Fsp3) is 0. The normalized spacial score (nSPS) is 11.0. The Morgan fingerprint density at radius 3 is 2.58 bits per heavy atom. The fourth-order valence-electron chi connectivity index (χ4n) is 3.13. The average Bonchev–Trinajstić information content (AvgIpc) is 2.65. The number of rotatable bonds is 3. The van der Waals surface area contributed by atoms with Crippen molar-refractivity contribution in [1.29, 1.82) is 0 Å². The molecule has 0 aromatic heterocycles. The number of aromatic hydroxyl groups is 1. The molecule has 1 heterocycles. The monoisotopic (exact) mass is 346 g/mol. The smallest absolute Gasteiger partial charge is 0.182 e. The van der Waals surface area contributed by atoms with E-state index in [4.69, 9.17) is 10.3 Å². The molecule has 1 aliphatic carbocycles. The lowest BCUT2D eigenvalue weighted by atomic mass is 9.91. The van der Waals surface area contributed by atoms with Gasteiger partial charge in [0.15, 0.2) is 11.7 Å². The van der Waals surface area contributed by atoms with E-state index in [9.17, 15) is 14.7 Å². The predicted octanol–water partition coefficient (Wildman–Crippen LogP) is 3.37. The van der Waals surface area contributed by atoms with Crippen LogP contribution in [0.15, 0.2) is 63.8 Å². The zero-order valence-corrected chi connectivity index (χ0v) is 13.5. The molecule has 1 aliphatic heterocycles. The predicted molar refractivity (Wildman–Crippen MR) is 99.4 cm³/mol. The van der Waals surface area contributed by atoms with Crippen LogP contribution in [0.5, 0.6) is 5.75 Å². The standard InChI is InChI=1S/C20H14N2O4/c21-22-12-1-4-15(11(7-12)10-23)20-16-5-2-13(24)8-18(16)26-19-9-14(25)3-6-17(19)20/h1-10,22,24H,21H2. The Kier molecular flexibility index (Phi) is 3.67. The molecule has 0 fully saturated rings. The third-order valence-corrected chi connectivity index (χ3v) is 4.29. The number of carbonyl (C=O) groups is 1. The van der Waals surface area contributed by atoms with Crippen molar-refractivity contribution >= 4 is 22.9 Å². The minimum absolute atomic E-state index is 0.0446. The minimum atomic E-state index is -0.190. The van der Waals surface area contributed by atoms with Crippen LogP contribution in [0.1, 0.15) is 10.4 Å². The Hall–Kier alpha value is -3.64. The summed E-state index contributed by atoms with van der Waals surface area (Å²) in [7, 11) is 0. The van der Waals surface area contributed by atoms with E-state index in [0.717, 1.165) is 11.8 Å². The molecule has 4 N–H and O–H groups in total. The number of aldehydes is 1. The highest BCUT2D eigenvalue weighted by molar-refractivity contribution is 6.05. The number of phenols is 1. The number of nitrogen functional groups attached to an aromatic ring is 1. The number of hydrogen-bond donors (Lipinski definition) is 3. The van der Waals surface area contributed by atoms with E-state index in [-0.39, 0.29) is 11.2 Å². The quantitative estimate of drug-likeness (QED) is 0.227. The van der Waals surface area contributed by atoms with Crippen LogP contribution in [-0.2, 0) is 0 Å². The van der Waals surface area contributed by atoms with Gasteiger partial charge in [-0.05, 0) is 42.0 Å². The lowest BCUT2D eigenvalue weighted by molar-refractivity contribution is 0.112. The second kappa shape index (κ2) is 6.02. The molecular weight excluding hydrogens is 332 g/mol. The SMILES string of the molecule is NNc1ccc(-c2c3ccc(=O)cc-3oc3cc(O)ccc23)c(C=O)c1. The zero-order chi connectivity index (χ0) is 18.3. The van der Waals surface area contributed by atoms with E-state index in [1.165, 1.54) is 18.2 Å². The topological polar surface area (TPSA) is 106 Å². The number of nitrogens with two attached hydrogens (primary N) is 1. The van der Waals surface area contributed by atoms with Crippen molar-refractivity contribution < 1.29 is 14.3 Å². The van der Waals surface area contributed by atoms with Gasteiger partial charge in [-0.25, -0.2) is 0 Å². The van der Waals surface area contributed by atoms with Gasteiger partial charge < -0.3 is 14.9 Å². The molecule has 0 spiro atoms. The van der Waals surface area contributed by atoms with E-state index in [1.54, 1.807) is 36.4 Å². The van der Waals surface area contributed by atoms with Crippen molar-refractivity contribution in [2.24, 2.45) is 5.84 Å². The van der Waals surface area contributed by atoms with Crippen LogP contribution < -0.4 is 16.7 Å². The van der Waals surface area contributed by atoms with Gasteiger partial charge in [0.05, 0.1) is 0 Å². The second-order valence-corrected chi connectivity index (χ2v) is 5.88. The number of benzene rings is 3. The van der Waals surface area contributed by atoms with Crippen LogP contribution >= 0.6 is 0 Å². The van der Waals surface area contributed by atoms with Gasteiger partial charge in [-0.3, -0.25) is 15.4 Å². The van der Waals surface area contributed by atoms with Gasteiger partial charge in [0.1, 0.15) is 17.1 Å². The Morgan fingerprint density at radius 2 is 1.81 bits per heavy atom. The molecule has 2 aromatic rings. The van der Waals surface area contributed by atoms with E-state index in [2.05, 4.69) is 5.43 Å². The minimum Gasteiger partial charge on any atom is -0.508 e. The number of hydrazine groups is 1. The summed E-state index contributed by atoms with van der Waals surface area (Å²) < 4.78 is 5.81. The number of nitrogens with one attached hydrogen (secondary N) is 1. The molecule has 0 saturated heterocycles. The highest BCUT2D eigenvalue weighted by atomic mass is 16.3. The van der Waals surface area contributed by atoms with Gasteiger partial charge in [-0.15, -0.1) is 0 Å². The van der Waals surface area contributed by atoms with Crippen LogP contribution in [0.25, 0.3) is 33.4 Å². The molecule has 26 heavy (non-hydrogen) atoms. The number of hydrogen-bond acceptors (Lipinski definition) is 6. The summed E-state index contributed by atoms with van der Waals surface area (Å²) in [6.07, 6.45) is 0.750. The highest BCUT2D eigenvalue weighted by Crippen LogP contribution is 2.41. The number of anilines is 1. The molecule has 0 bridgehead atoms. The Bertz CT molecular complexity index is 1180. The third-order valence-electron chi connectivity index (χ3n) is 4.29. The molecule has 6 heteroatoms. The first-order valence-corrected chi connectivity index (χ1v) is 7.86. The molecular formula is C20H14N2O4. The Morgan fingerprint density at radius 1 is 1.00 bits per heavy atom. The second-order valence-electron chi connectivity index (χ2n) is 5.88. The van der Waals surface area contributed by atoms with Crippen molar-refractivity contribution in [2.45, 2.75) is 0 Å². The molecule has 2 aliphatic rings. The van der Waals surface area contributed by atoms with Crippen molar-refractivity contribution in [2.75, 3.05) is 5.43 Å². The first-order valence-electron chi connectivity index (χ1n) is 7.86. The molecule has 0 saturated carbocycles. The molecule has 6 nitrogen and oxygen atoms in total. The van der Waals surface area contributed by atoms with Gasteiger partial charge >= 0.3 is 0 Å². The number of carbonyl (C=O) groups excluding carboxylic acids is 1. The summed E-state index contributed by atoms with van der Waals surface area (Å²) in [5.41, 5.74) is 5.89. The molecule has 0 unspecified atom stereocenters. The summed E-state index contributed by atoms with van der Waals surface area (Å²) in [5, 5.41) is 10.5. The first-order chi connectivity index (χ1) is 12.6. The average molecular weight is 346 g/mol. The summed E-state index contributed by atoms with van der Waals surface area (Å²) in [4.78, 5) is 23.4. The fourth-order valence-corrected chi connectivity index (χ4v) is 3.13. The van der Waals surface area contributed by atoms with Gasteiger partial charge in [0.2, 0.25) is 0 Å². The van der Waals surface area contributed by atoms with Gasteiger partial charge in [0, 0.05) is 39.9 Å². The maximum atomic E-state index is 11.8. The van der Waals surface area contributed by atoms with Crippen LogP contribution in [-0.4, -0.2) is 11.4 Å². The summed E-state index contributed by atoms with van der Waals surface area (Å²) in [5.74, 6) is 5.86. The van der Waals surface area contributed by atoms with Crippen molar-refractivity contribution in [1.82, 2.24) is 0 Å².